The zero-order valence-corrected chi connectivity index (χ0v) is 13.7. The predicted molar refractivity (Wildman–Crippen MR) is 92.9 cm³/mol. The highest BCUT2D eigenvalue weighted by Gasteiger charge is 2.24. The van der Waals surface area contributed by atoms with Crippen LogP contribution in [0.2, 0.25) is 0 Å². The van der Waals surface area contributed by atoms with E-state index in [1.165, 1.54) is 30.5 Å². The SMILES string of the molecule is CC1CC(C)CN(CC(CN)c2ccc3ncccc3c2)C1. The molecular weight excluding hydrogens is 270 g/mol. The maximum Gasteiger partial charge on any atom is 0.0702 e. The van der Waals surface area contributed by atoms with Gasteiger partial charge in [-0.05, 0) is 42.0 Å². The molecule has 2 heterocycles. The van der Waals surface area contributed by atoms with E-state index in [4.69, 9.17) is 5.73 Å². The lowest BCUT2D eigenvalue weighted by Gasteiger charge is -2.37. The summed E-state index contributed by atoms with van der Waals surface area (Å²) in [6.07, 6.45) is 3.20. The fraction of sp³-hybridized carbons (Fsp3) is 0.526. The molecule has 1 aromatic carbocycles. The van der Waals surface area contributed by atoms with Gasteiger partial charge in [-0.1, -0.05) is 26.0 Å². The zero-order valence-electron chi connectivity index (χ0n) is 13.7. The Kier molecular flexibility index (Phi) is 4.74. The van der Waals surface area contributed by atoms with Crippen molar-refractivity contribution in [2.75, 3.05) is 26.2 Å². The largest absolute Gasteiger partial charge is 0.330 e. The quantitative estimate of drug-likeness (QED) is 0.942. The fourth-order valence-corrected chi connectivity index (χ4v) is 3.92. The molecule has 1 aromatic heterocycles. The lowest BCUT2D eigenvalue weighted by molar-refractivity contribution is 0.134. The van der Waals surface area contributed by atoms with Gasteiger partial charge < -0.3 is 10.6 Å². The third-order valence-electron chi connectivity index (χ3n) is 4.81. The first-order chi connectivity index (χ1) is 10.7. The van der Waals surface area contributed by atoms with Crippen LogP contribution >= 0.6 is 0 Å². The first-order valence-electron chi connectivity index (χ1n) is 8.42. The van der Waals surface area contributed by atoms with Crippen LogP contribution in [0.25, 0.3) is 10.9 Å². The summed E-state index contributed by atoms with van der Waals surface area (Å²) < 4.78 is 0. The number of hydrogen-bond donors (Lipinski definition) is 1. The number of nitrogens with zero attached hydrogens (tertiary/aromatic N) is 2. The van der Waals surface area contributed by atoms with E-state index in [0.717, 1.165) is 23.9 Å². The highest BCUT2D eigenvalue weighted by Crippen LogP contribution is 2.25. The average Bonchev–Trinajstić information content (AvgIpc) is 2.51. The average molecular weight is 297 g/mol. The van der Waals surface area contributed by atoms with Gasteiger partial charge in [0, 0.05) is 43.7 Å². The number of fused-ring (bicyclic) bond motifs is 1. The third kappa shape index (κ3) is 3.47. The molecule has 0 radical (unpaired) electrons. The summed E-state index contributed by atoms with van der Waals surface area (Å²) in [6.45, 7) is 8.90. The first kappa shape index (κ1) is 15.4. The van der Waals surface area contributed by atoms with Gasteiger partial charge in [0.25, 0.3) is 0 Å². The third-order valence-corrected chi connectivity index (χ3v) is 4.81. The number of piperidine rings is 1. The van der Waals surface area contributed by atoms with Crippen molar-refractivity contribution in [3.63, 3.8) is 0 Å². The van der Waals surface area contributed by atoms with Crippen molar-refractivity contribution >= 4 is 10.9 Å². The Labute approximate surface area is 133 Å². The Bertz CT molecular complexity index is 615. The number of rotatable bonds is 4. The molecule has 2 aromatic rings. The van der Waals surface area contributed by atoms with Gasteiger partial charge in [0.1, 0.15) is 0 Å². The maximum absolute atomic E-state index is 6.09. The Morgan fingerprint density at radius 1 is 1.23 bits per heavy atom. The Morgan fingerprint density at radius 2 is 2.00 bits per heavy atom. The molecule has 0 bridgehead atoms. The van der Waals surface area contributed by atoms with E-state index in [2.05, 4.69) is 48.0 Å². The second-order valence-electron chi connectivity index (χ2n) is 7.05. The first-order valence-corrected chi connectivity index (χ1v) is 8.42. The molecular formula is C19H27N3. The summed E-state index contributed by atoms with van der Waals surface area (Å²) in [5.41, 5.74) is 8.49. The number of nitrogens with two attached hydrogens (primary N) is 1. The molecule has 1 saturated heterocycles. The number of benzene rings is 1. The number of hydrogen-bond acceptors (Lipinski definition) is 3. The standard InChI is InChI=1S/C19H27N3/c1-14-8-15(2)12-22(11-14)13-18(10-20)16-5-6-19-17(9-16)4-3-7-21-19/h3-7,9,14-15,18H,8,10-13,20H2,1-2H3. The second kappa shape index (κ2) is 6.76. The smallest absolute Gasteiger partial charge is 0.0702 e. The van der Waals surface area contributed by atoms with Gasteiger partial charge in [-0.25, -0.2) is 0 Å². The van der Waals surface area contributed by atoms with Crippen LogP contribution in [0.3, 0.4) is 0 Å². The Morgan fingerprint density at radius 3 is 2.73 bits per heavy atom. The van der Waals surface area contributed by atoms with Crippen molar-refractivity contribution < 1.29 is 0 Å². The molecule has 0 aliphatic carbocycles. The van der Waals surface area contributed by atoms with Crippen LogP contribution in [-0.2, 0) is 0 Å². The van der Waals surface area contributed by atoms with E-state index >= 15 is 0 Å². The van der Waals surface area contributed by atoms with Gasteiger partial charge >= 0.3 is 0 Å². The summed E-state index contributed by atoms with van der Waals surface area (Å²) in [6, 6.07) is 10.7. The minimum Gasteiger partial charge on any atom is -0.330 e. The molecule has 1 aliphatic rings. The van der Waals surface area contributed by atoms with Crippen LogP contribution in [0.4, 0.5) is 0 Å². The molecule has 3 heteroatoms. The highest BCUT2D eigenvalue weighted by molar-refractivity contribution is 5.79. The van der Waals surface area contributed by atoms with Gasteiger partial charge in [0.2, 0.25) is 0 Å². The summed E-state index contributed by atoms with van der Waals surface area (Å²) in [7, 11) is 0. The van der Waals surface area contributed by atoms with Crippen LogP contribution in [0, 0.1) is 11.8 Å². The topological polar surface area (TPSA) is 42.1 Å². The number of aromatic nitrogens is 1. The molecule has 1 fully saturated rings. The van der Waals surface area contributed by atoms with E-state index in [9.17, 15) is 0 Å². The summed E-state index contributed by atoms with van der Waals surface area (Å²) in [5.74, 6) is 1.99. The molecule has 22 heavy (non-hydrogen) atoms. The molecule has 2 N–H and O–H groups in total. The van der Waals surface area contributed by atoms with E-state index in [1.807, 2.05) is 12.3 Å². The van der Waals surface area contributed by atoms with Gasteiger partial charge in [-0.3, -0.25) is 4.98 Å². The normalized spacial score (nSPS) is 24.5. The van der Waals surface area contributed by atoms with Gasteiger partial charge in [-0.15, -0.1) is 0 Å². The van der Waals surface area contributed by atoms with Crippen LogP contribution < -0.4 is 5.73 Å². The molecule has 3 nitrogen and oxygen atoms in total. The van der Waals surface area contributed by atoms with Crippen molar-refractivity contribution in [1.82, 2.24) is 9.88 Å². The summed E-state index contributed by atoms with van der Waals surface area (Å²) >= 11 is 0. The van der Waals surface area contributed by atoms with E-state index in [1.54, 1.807) is 0 Å². The second-order valence-corrected chi connectivity index (χ2v) is 7.05. The predicted octanol–water partition coefficient (Wildman–Crippen LogP) is 3.26. The molecule has 3 atom stereocenters. The molecule has 0 saturated carbocycles. The number of pyridine rings is 1. The van der Waals surface area contributed by atoms with Crippen LogP contribution in [0.15, 0.2) is 36.5 Å². The lowest BCUT2D eigenvalue weighted by Crippen LogP contribution is -2.41. The highest BCUT2D eigenvalue weighted by atomic mass is 15.1. The van der Waals surface area contributed by atoms with Gasteiger partial charge in [-0.2, -0.15) is 0 Å². The minimum atomic E-state index is 0.405. The molecule has 3 rings (SSSR count). The van der Waals surface area contributed by atoms with Crippen LogP contribution in [0.5, 0.6) is 0 Å². The van der Waals surface area contributed by atoms with E-state index in [-0.39, 0.29) is 0 Å². The molecule has 0 amide bonds. The summed E-state index contributed by atoms with van der Waals surface area (Å²) in [5, 5.41) is 1.21. The van der Waals surface area contributed by atoms with Crippen molar-refractivity contribution in [3.05, 3.63) is 42.1 Å². The number of likely N-dealkylation sites (tertiary alicyclic amines) is 1. The molecule has 1 aliphatic heterocycles. The van der Waals surface area contributed by atoms with Gasteiger partial charge in [0.05, 0.1) is 5.52 Å². The fourth-order valence-electron chi connectivity index (χ4n) is 3.92. The molecule has 0 spiro atoms. The van der Waals surface area contributed by atoms with Crippen molar-refractivity contribution in [2.45, 2.75) is 26.2 Å². The Hall–Kier alpha value is -1.45. The Balaban J connectivity index is 1.77. The van der Waals surface area contributed by atoms with E-state index < -0.39 is 0 Å². The van der Waals surface area contributed by atoms with Gasteiger partial charge in [0.15, 0.2) is 0 Å². The zero-order chi connectivity index (χ0) is 15.5. The maximum atomic E-state index is 6.09. The van der Waals surface area contributed by atoms with Crippen molar-refractivity contribution in [3.8, 4) is 0 Å². The summed E-state index contributed by atoms with van der Waals surface area (Å²) in [4.78, 5) is 7.00. The molecule has 118 valence electrons. The van der Waals surface area contributed by atoms with Crippen molar-refractivity contribution in [1.29, 1.82) is 0 Å². The monoisotopic (exact) mass is 297 g/mol. The van der Waals surface area contributed by atoms with Crippen LogP contribution in [0.1, 0.15) is 31.7 Å². The molecule has 3 unspecified atom stereocenters. The van der Waals surface area contributed by atoms with E-state index in [0.29, 0.717) is 12.5 Å². The minimum absolute atomic E-state index is 0.405. The van der Waals surface area contributed by atoms with Crippen LogP contribution in [-0.4, -0.2) is 36.1 Å². The lowest BCUT2D eigenvalue weighted by atomic mass is 9.90. The van der Waals surface area contributed by atoms with Crippen molar-refractivity contribution in [2.24, 2.45) is 17.6 Å².